The average Bonchev–Trinajstić information content (AvgIpc) is 3.51. The van der Waals surface area contributed by atoms with E-state index in [4.69, 9.17) is 4.74 Å². The van der Waals surface area contributed by atoms with Crippen LogP contribution in [0.1, 0.15) is 41.6 Å². The van der Waals surface area contributed by atoms with Crippen LogP contribution in [-0.2, 0) is 20.9 Å². The highest BCUT2D eigenvalue weighted by Crippen LogP contribution is 2.29. The van der Waals surface area contributed by atoms with E-state index in [2.05, 4.69) is 0 Å². The summed E-state index contributed by atoms with van der Waals surface area (Å²) in [5, 5.41) is 0. The van der Waals surface area contributed by atoms with Gasteiger partial charge in [0.15, 0.2) is 6.61 Å². The third-order valence-corrected chi connectivity index (χ3v) is 5.42. The van der Waals surface area contributed by atoms with Gasteiger partial charge in [-0.25, -0.2) is 9.18 Å². The van der Waals surface area contributed by atoms with E-state index in [1.807, 2.05) is 0 Å². The minimum atomic E-state index is -0.653. The first kappa shape index (κ1) is 20.1. The Labute approximate surface area is 174 Å². The third kappa shape index (κ3) is 4.35. The predicted molar refractivity (Wildman–Crippen MR) is 108 cm³/mol. The van der Waals surface area contributed by atoms with E-state index in [0.29, 0.717) is 24.2 Å². The molecule has 7 heteroatoms. The second-order valence-electron chi connectivity index (χ2n) is 7.59. The summed E-state index contributed by atoms with van der Waals surface area (Å²) in [5.41, 5.74) is 1.19. The first-order valence-electron chi connectivity index (χ1n) is 10.1. The standard InChI is InChI=1S/C23H23FN2O4/c24-19-8-3-1-6-16(19)14-26(17-11-12-17)22(28)15-30-23(29)18-7-2-4-9-20(18)25-13-5-10-21(25)27/h1-4,6-9,17H,5,10-15H2. The van der Waals surface area contributed by atoms with E-state index in [1.54, 1.807) is 52.3 Å². The molecule has 2 aromatic rings. The van der Waals surface area contributed by atoms with Gasteiger partial charge in [-0.2, -0.15) is 0 Å². The van der Waals surface area contributed by atoms with Crippen LogP contribution in [0.2, 0.25) is 0 Å². The number of ether oxygens (including phenoxy) is 1. The molecule has 0 atom stereocenters. The normalized spacial score (nSPS) is 15.9. The fraction of sp³-hybridized carbons (Fsp3) is 0.348. The van der Waals surface area contributed by atoms with Gasteiger partial charge in [0.2, 0.25) is 5.91 Å². The first-order valence-corrected chi connectivity index (χ1v) is 10.1. The van der Waals surface area contributed by atoms with Crippen LogP contribution in [0, 0.1) is 5.82 Å². The lowest BCUT2D eigenvalue weighted by Crippen LogP contribution is -2.36. The highest BCUT2D eigenvalue weighted by Gasteiger charge is 2.34. The van der Waals surface area contributed by atoms with Gasteiger partial charge in [0, 0.05) is 31.1 Å². The minimum Gasteiger partial charge on any atom is -0.452 e. The Kier molecular flexibility index (Phi) is 5.79. The van der Waals surface area contributed by atoms with E-state index < -0.39 is 12.6 Å². The fourth-order valence-electron chi connectivity index (χ4n) is 3.69. The lowest BCUT2D eigenvalue weighted by Gasteiger charge is -2.23. The molecule has 6 nitrogen and oxygen atoms in total. The van der Waals surface area contributed by atoms with E-state index in [0.717, 1.165) is 19.3 Å². The fourth-order valence-corrected chi connectivity index (χ4v) is 3.69. The van der Waals surface area contributed by atoms with Gasteiger partial charge < -0.3 is 14.5 Å². The van der Waals surface area contributed by atoms with Crippen LogP contribution in [-0.4, -0.2) is 41.9 Å². The van der Waals surface area contributed by atoms with E-state index in [9.17, 15) is 18.8 Å². The molecule has 1 saturated carbocycles. The summed E-state index contributed by atoms with van der Waals surface area (Å²) in [7, 11) is 0. The summed E-state index contributed by atoms with van der Waals surface area (Å²) in [6, 6.07) is 13.1. The Morgan fingerprint density at radius 2 is 1.83 bits per heavy atom. The maximum atomic E-state index is 14.0. The molecular weight excluding hydrogens is 387 g/mol. The summed E-state index contributed by atoms with van der Waals surface area (Å²) in [6.45, 7) is 0.277. The SMILES string of the molecule is O=C(OCC(=O)N(Cc1ccccc1F)C1CC1)c1ccccc1N1CCCC1=O. The predicted octanol–water partition coefficient (Wildman–Crippen LogP) is 3.30. The van der Waals surface area contributed by atoms with Crippen LogP contribution in [0.4, 0.5) is 10.1 Å². The van der Waals surface area contributed by atoms with Crippen molar-refractivity contribution in [1.82, 2.24) is 4.90 Å². The molecule has 156 valence electrons. The van der Waals surface area contributed by atoms with Crippen molar-refractivity contribution in [3.63, 3.8) is 0 Å². The van der Waals surface area contributed by atoms with Gasteiger partial charge in [0.1, 0.15) is 5.82 Å². The molecule has 2 aromatic carbocycles. The topological polar surface area (TPSA) is 66.9 Å². The highest BCUT2D eigenvalue weighted by molar-refractivity contribution is 6.03. The maximum absolute atomic E-state index is 14.0. The number of amides is 2. The Bertz CT molecular complexity index is 973. The number of nitrogens with zero attached hydrogens (tertiary/aromatic N) is 2. The number of hydrogen-bond donors (Lipinski definition) is 0. The van der Waals surface area contributed by atoms with Gasteiger partial charge in [-0.15, -0.1) is 0 Å². The Hall–Kier alpha value is -3.22. The lowest BCUT2D eigenvalue weighted by molar-refractivity contribution is -0.135. The molecule has 0 spiro atoms. The van der Waals surface area contributed by atoms with Gasteiger partial charge in [-0.3, -0.25) is 9.59 Å². The quantitative estimate of drug-likeness (QED) is 0.657. The molecule has 0 unspecified atom stereocenters. The summed E-state index contributed by atoms with van der Waals surface area (Å²) < 4.78 is 19.3. The molecule has 1 aliphatic carbocycles. The molecule has 0 radical (unpaired) electrons. The Morgan fingerprint density at radius 3 is 2.53 bits per heavy atom. The van der Waals surface area contributed by atoms with Crippen LogP contribution < -0.4 is 4.90 Å². The van der Waals surface area contributed by atoms with E-state index in [-0.39, 0.29) is 35.8 Å². The van der Waals surface area contributed by atoms with Gasteiger partial charge in [-0.05, 0) is 37.5 Å². The van der Waals surface area contributed by atoms with Gasteiger partial charge in [-0.1, -0.05) is 30.3 Å². The second-order valence-corrected chi connectivity index (χ2v) is 7.59. The van der Waals surface area contributed by atoms with Gasteiger partial charge >= 0.3 is 5.97 Å². The molecule has 0 N–H and O–H groups in total. The molecule has 4 rings (SSSR count). The molecule has 1 saturated heterocycles. The molecule has 0 bridgehead atoms. The monoisotopic (exact) mass is 410 g/mol. The molecule has 2 amide bonds. The van der Waals surface area contributed by atoms with Crippen molar-refractivity contribution in [2.75, 3.05) is 18.1 Å². The largest absolute Gasteiger partial charge is 0.452 e. The minimum absolute atomic E-state index is 0.0314. The number of hydrogen-bond acceptors (Lipinski definition) is 4. The van der Waals surface area contributed by atoms with Gasteiger partial charge in [0.05, 0.1) is 11.3 Å². The molecule has 30 heavy (non-hydrogen) atoms. The van der Waals surface area contributed by atoms with Crippen molar-refractivity contribution in [3.8, 4) is 0 Å². The van der Waals surface area contributed by atoms with E-state index in [1.165, 1.54) is 6.07 Å². The van der Waals surface area contributed by atoms with Crippen molar-refractivity contribution in [2.45, 2.75) is 38.3 Å². The number of carbonyl (C=O) groups excluding carboxylic acids is 3. The molecular formula is C23H23FN2O4. The zero-order chi connectivity index (χ0) is 21.1. The number of esters is 1. The molecule has 1 heterocycles. The maximum Gasteiger partial charge on any atom is 0.340 e. The van der Waals surface area contributed by atoms with Gasteiger partial charge in [0.25, 0.3) is 5.91 Å². The first-order chi connectivity index (χ1) is 14.5. The van der Waals surface area contributed by atoms with Crippen molar-refractivity contribution < 1.29 is 23.5 Å². The Morgan fingerprint density at radius 1 is 1.10 bits per heavy atom. The number of rotatable bonds is 7. The summed E-state index contributed by atoms with van der Waals surface area (Å²) in [5.74, 6) is -1.41. The number of para-hydroxylation sites is 1. The second kappa shape index (κ2) is 8.65. The van der Waals surface area contributed by atoms with Crippen LogP contribution in [0.5, 0.6) is 0 Å². The van der Waals surface area contributed by atoms with Crippen LogP contribution in [0.3, 0.4) is 0 Å². The number of benzene rings is 2. The lowest BCUT2D eigenvalue weighted by atomic mass is 10.1. The van der Waals surface area contributed by atoms with Crippen LogP contribution in [0.25, 0.3) is 0 Å². The number of anilines is 1. The highest BCUT2D eigenvalue weighted by atomic mass is 19.1. The zero-order valence-electron chi connectivity index (χ0n) is 16.6. The van der Waals surface area contributed by atoms with E-state index >= 15 is 0 Å². The molecule has 2 aliphatic rings. The van der Waals surface area contributed by atoms with Crippen molar-refractivity contribution in [1.29, 1.82) is 0 Å². The van der Waals surface area contributed by atoms with Crippen LogP contribution in [0.15, 0.2) is 48.5 Å². The molecule has 0 aromatic heterocycles. The third-order valence-electron chi connectivity index (χ3n) is 5.42. The van der Waals surface area contributed by atoms with Crippen molar-refractivity contribution >= 4 is 23.5 Å². The Balaban J connectivity index is 1.43. The summed E-state index contributed by atoms with van der Waals surface area (Å²) in [6.07, 6.45) is 2.91. The van der Waals surface area contributed by atoms with Crippen LogP contribution >= 0.6 is 0 Å². The zero-order valence-corrected chi connectivity index (χ0v) is 16.6. The van der Waals surface area contributed by atoms with Crippen molar-refractivity contribution in [2.24, 2.45) is 0 Å². The number of halogens is 1. The van der Waals surface area contributed by atoms with Crippen molar-refractivity contribution in [3.05, 3.63) is 65.5 Å². The summed E-state index contributed by atoms with van der Waals surface area (Å²) >= 11 is 0. The molecule has 1 aliphatic heterocycles. The smallest absolute Gasteiger partial charge is 0.340 e. The number of carbonyl (C=O) groups is 3. The summed E-state index contributed by atoms with van der Waals surface area (Å²) in [4.78, 5) is 40.6. The molecule has 2 fully saturated rings. The average molecular weight is 410 g/mol.